The molecule has 112 valence electrons. The van der Waals surface area contributed by atoms with E-state index in [-0.39, 0.29) is 5.91 Å². The van der Waals surface area contributed by atoms with Crippen LogP contribution >= 0.6 is 0 Å². The Morgan fingerprint density at radius 2 is 1.90 bits per heavy atom. The van der Waals surface area contributed by atoms with Gasteiger partial charge in [-0.15, -0.1) is 0 Å². The van der Waals surface area contributed by atoms with Gasteiger partial charge < -0.3 is 9.64 Å². The fraction of sp³-hybridized carbons (Fsp3) is 0.588. The molecule has 0 aliphatic carbocycles. The highest BCUT2D eigenvalue weighted by Crippen LogP contribution is 2.25. The molecule has 3 nitrogen and oxygen atoms in total. The molecule has 0 aliphatic rings. The minimum absolute atomic E-state index is 0.0769. The Balaban J connectivity index is 2.94. The van der Waals surface area contributed by atoms with Crippen LogP contribution in [0.15, 0.2) is 18.2 Å². The molecule has 0 heterocycles. The van der Waals surface area contributed by atoms with Gasteiger partial charge in [0.2, 0.25) is 5.91 Å². The van der Waals surface area contributed by atoms with E-state index < -0.39 is 0 Å². The first-order valence-corrected chi connectivity index (χ1v) is 7.62. The van der Waals surface area contributed by atoms with Gasteiger partial charge in [-0.2, -0.15) is 0 Å². The topological polar surface area (TPSA) is 29.5 Å². The van der Waals surface area contributed by atoms with Crippen LogP contribution < -0.4 is 4.90 Å². The summed E-state index contributed by atoms with van der Waals surface area (Å²) in [5.41, 5.74) is 3.64. The van der Waals surface area contributed by atoms with Gasteiger partial charge in [-0.05, 0) is 36.5 Å². The molecule has 0 bridgehead atoms. The first-order valence-electron chi connectivity index (χ1n) is 7.62. The van der Waals surface area contributed by atoms with Crippen molar-refractivity contribution in [2.45, 2.75) is 47.0 Å². The maximum Gasteiger partial charge on any atom is 0.223 e. The summed E-state index contributed by atoms with van der Waals surface area (Å²) in [5, 5.41) is 0. The second-order valence-corrected chi connectivity index (χ2v) is 4.90. The van der Waals surface area contributed by atoms with Crippen LogP contribution in [0.4, 0.5) is 5.69 Å². The fourth-order valence-electron chi connectivity index (χ4n) is 2.46. The molecule has 0 unspecified atom stereocenters. The first-order chi connectivity index (χ1) is 9.65. The Hall–Kier alpha value is -1.35. The minimum Gasteiger partial charge on any atom is -0.380 e. The molecule has 20 heavy (non-hydrogen) atoms. The molecule has 0 aromatic heterocycles. The largest absolute Gasteiger partial charge is 0.380 e. The van der Waals surface area contributed by atoms with Crippen molar-refractivity contribution in [3.05, 3.63) is 29.3 Å². The van der Waals surface area contributed by atoms with Gasteiger partial charge in [-0.3, -0.25) is 4.79 Å². The van der Waals surface area contributed by atoms with Crippen LogP contribution in [0.1, 0.15) is 45.2 Å². The third-order valence-corrected chi connectivity index (χ3v) is 3.46. The predicted octanol–water partition coefficient (Wildman–Crippen LogP) is 3.59. The van der Waals surface area contributed by atoms with Gasteiger partial charge in [0.05, 0.1) is 6.61 Å². The van der Waals surface area contributed by atoms with Gasteiger partial charge >= 0.3 is 0 Å². The average Bonchev–Trinajstić information content (AvgIpc) is 2.46. The number of benzene rings is 1. The number of anilines is 1. The molecule has 3 heteroatoms. The van der Waals surface area contributed by atoms with E-state index in [4.69, 9.17) is 4.74 Å². The zero-order valence-corrected chi connectivity index (χ0v) is 13.2. The standard InChI is InChI=1S/C17H27NO2/c1-5-12-20-13-11-18(14(4)19)17-10-8-9-15(6-2)16(17)7-3/h8-10H,5-7,11-13H2,1-4H3. The number of aryl methyl sites for hydroxylation is 1. The number of amides is 1. The number of carbonyl (C=O) groups excluding carboxylic acids is 1. The van der Waals surface area contributed by atoms with Crippen LogP contribution in [0, 0.1) is 0 Å². The number of rotatable bonds is 8. The summed E-state index contributed by atoms with van der Waals surface area (Å²) < 4.78 is 5.52. The number of carbonyl (C=O) groups is 1. The van der Waals surface area contributed by atoms with E-state index in [1.807, 2.05) is 17.0 Å². The van der Waals surface area contributed by atoms with Crippen LogP contribution in [0.2, 0.25) is 0 Å². The second-order valence-electron chi connectivity index (χ2n) is 4.90. The third kappa shape index (κ3) is 4.34. The Morgan fingerprint density at radius 1 is 1.15 bits per heavy atom. The molecule has 1 amide bonds. The van der Waals surface area contributed by atoms with Gasteiger partial charge in [-0.1, -0.05) is 32.9 Å². The molecule has 0 aliphatic heterocycles. The summed E-state index contributed by atoms with van der Waals surface area (Å²) >= 11 is 0. The maximum absolute atomic E-state index is 11.9. The number of hydrogen-bond acceptors (Lipinski definition) is 2. The van der Waals surface area contributed by atoms with Crippen molar-refractivity contribution < 1.29 is 9.53 Å². The second kappa shape index (κ2) is 8.75. The van der Waals surface area contributed by atoms with Gasteiger partial charge in [0.25, 0.3) is 0 Å². The lowest BCUT2D eigenvalue weighted by molar-refractivity contribution is -0.116. The number of ether oxygens (including phenoxy) is 1. The zero-order valence-electron chi connectivity index (χ0n) is 13.2. The molecular weight excluding hydrogens is 250 g/mol. The van der Waals surface area contributed by atoms with E-state index >= 15 is 0 Å². The molecule has 1 aromatic carbocycles. The first kappa shape index (κ1) is 16.7. The number of hydrogen-bond donors (Lipinski definition) is 0. The maximum atomic E-state index is 11.9. The molecule has 1 aromatic rings. The Bertz CT molecular complexity index is 429. The Kier molecular flexibility index (Phi) is 7.31. The van der Waals surface area contributed by atoms with Crippen LogP contribution in [-0.2, 0) is 22.4 Å². The normalized spacial score (nSPS) is 10.6. The molecule has 1 rings (SSSR count). The lowest BCUT2D eigenvalue weighted by Crippen LogP contribution is -2.33. The Morgan fingerprint density at radius 3 is 2.45 bits per heavy atom. The van der Waals surface area contributed by atoms with Crippen molar-refractivity contribution >= 4 is 11.6 Å². The fourth-order valence-corrected chi connectivity index (χ4v) is 2.46. The van der Waals surface area contributed by atoms with Crippen LogP contribution in [-0.4, -0.2) is 25.7 Å². The molecule has 0 spiro atoms. The van der Waals surface area contributed by atoms with Crippen LogP contribution in [0.3, 0.4) is 0 Å². The summed E-state index contributed by atoms with van der Waals surface area (Å²) in [7, 11) is 0. The van der Waals surface area contributed by atoms with Gasteiger partial charge in [0.15, 0.2) is 0 Å². The zero-order chi connectivity index (χ0) is 15.0. The lowest BCUT2D eigenvalue weighted by Gasteiger charge is -2.25. The van der Waals surface area contributed by atoms with Crippen LogP contribution in [0.25, 0.3) is 0 Å². The molecule has 0 saturated heterocycles. The van der Waals surface area contributed by atoms with E-state index in [0.717, 1.165) is 31.6 Å². The van der Waals surface area contributed by atoms with Gasteiger partial charge in [-0.25, -0.2) is 0 Å². The van der Waals surface area contributed by atoms with Crippen molar-refractivity contribution in [1.29, 1.82) is 0 Å². The average molecular weight is 277 g/mol. The van der Waals surface area contributed by atoms with E-state index in [0.29, 0.717) is 13.2 Å². The summed E-state index contributed by atoms with van der Waals surface area (Å²) in [6, 6.07) is 6.23. The van der Waals surface area contributed by atoms with Crippen LogP contribution in [0.5, 0.6) is 0 Å². The van der Waals surface area contributed by atoms with E-state index in [1.165, 1.54) is 11.1 Å². The predicted molar refractivity (Wildman–Crippen MR) is 84.3 cm³/mol. The quantitative estimate of drug-likeness (QED) is 0.680. The molecule has 0 N–H and O–H groups in total. The van der Waals surface area contributed by atoms with Crippen molar-refractivity contribution in [2.24, 2.45) is 0 Å². The SMILES string of the molecule is CCCOCCN(C(C)=O)c1cccc(CC)c1CC. The van der Waals surface area contributed by atoms with Crippen molar-refractivity contribution in [3.63, 3.8) is 0 Å². The molecule has 0 saturated carbocycles. The van der Waals surface area contributed by atoms with Gasteiger partial charge in [0, 0.05) is 25.8 Å². The molecule has 0 atom stereocenters. The van der Waals surface area contributed by atoms with Crippen molar-refractivity contribution in [2.75, 3.05) is 24.7 Å². The summed E-state index contributed by atoms with van der Waals surface area (Å²) in [5.74, 6) is 0.0769. The smallest absolute Gasteiger partial charge is 0.223 e. The van der Waals surface area contributed by atoms with Crippen molar-refractivity contribution in [1.82, 2.24) is 0 Å². The lowest BCUT2D eigenvalue weighted by atomic mass is 10.00. The monoisotopic (exact) mass is 277 g/mol. The third-order valence-electron chi connectivity index (χ3n) is 3.46. The molecule has 0 fully saturated rings. The highest BCUT2D eigenvalue weighted by Gasteiger charge is 2.16. The molecular formula is C17H27NO2. The number of nitrogens with zero attached hydrogens (tertiary/aromatic N) is 1. The summed E-state index contributed by atoms with van der Waals surface area (Å²) in [6.45, 7) is 9.97. The van der Waals surface area contributed by atoms with Crippen molar-refractivity contribution in [3.8, 4) is 0 Å². The van der Waals surface area contributed by atoms with Gasteiger partial charge in [0.1, 0.15) is 0 Å². The molecule has 0 radical (unpaired) electrons. The minimum atomic E-state index is 0.0769. The van der Waals surface area contributed by atoms with E-state index in [1.54, 1.807) is 6.92 Å². The van der Waals surface area contributed by atoms with E-state index in [9.17, 15) is 4.79 Å². The highest BCUT2D eigenvalue weighted by molar-refractivity contribution is 5.92. The Labute approximate surface area is 122 Å². The highest BCUT2D eigenvalue weighted by atomic mass is 16.5. The van der Waals surface area contributed by atoms with E-state index in [2.05, 4.69) is 26.8 Å². The summed E-state index contributed by atoms with van der Waals surface area (Å²) in [4.78, 5) is 13.8. The summed E-state index contributed by atoms with van der Waals surface area (Å²) in [6.07, 6.45) is 2.94.